The summed E-state index contributed by atoms with van der Waals surface area (Å²) < 4.78 is 5.64. The van der Waals surface area contributed by atoms with Gasteiger partial charge < -0.3 is 20.1 Å². The highest BCUT2D eigenvalue weighted by Crippen LogP contribution is 2.44. The van der Waals surface area contributed by atoms with Crippen LogP contribution in [0.3, 0.4) is 0 Å². The van der Waals surface area contributed by atoms with Crippen LogP contribution in [0.15, 0.2) is 48.5 Å². The predicted octanol–water partition coefficient (Wildman–Crippen LogP) is 4.55. The zero-order chi connectivity index (χ0) is 24.1. The standard InChI is InChI=1S/C27H32N2O5/c1-2-8-18(15-25(30)29-14-7-9-19(29)16-26(31)32)28-27(33)34-17-24-22-12-5-3-10-20(22)21-11-4-6-13-23(21)24/h3-6,10-13,18-19,24H,2,7-9,14-17H2,1H3,(H,28,33)(H,31,32). The molecule has 1 fully saturated rings. The van der Waals surface area contributed by atoms with Crippen molar-refractivity contribution in [2.24, 2.45) is 0 Å². The number of carboxylic acid groups (broad SMARTS) is 1. The molecule has 2 aromatic carbocycles. The average molecular weight is 465 g/mol. The summed E-state index contributed by atoms with van der Waals surface area (Å²) in [5.41, 5.74) is 4.64. The quantitative estimate of drug-likeness (QED) is 0.568. The second-order valence-corrected chi connectivity index (χ2v) is 9.14. The van der Waals surface area contributed by atoms with Gasteiger partial charge in [-0.15, -0.1) is 0 Å². The number of hydrogen-bond donors (Lipinski definition) is 2. The lowest BCUT2D eigenvalue weighted by Crippen LogP contribution is -2.43. The van der Waals surface area contributed by atoms with Crippen LogP contribution in [0.5, 0.6) is 0 Å². The first-order chi connectivity index (χ1) is 16.5. The summed E-state index contributed by atoms with van der Waals surface area (Å²) in [4.78, 5) is 38.4. The fraction of sp³-hybridized carbons (Fsp3) is 0.444. The highest BCUT2D eigenvalue weighted by atomic mass is 16.5. The van der Waals surface area contributed by atoms with Gasteiger partial charge in [-0.1, -0.05) is 61.9 Å². The van der Waals surface area contributed by atoms with Crippen LogP contribution in [-0.2, 0) is 14.3 Å². The van der Waals surface area contributed by atoms with E-state index in [2.05, 4.69) is 29.6 Å². The van der Waals surface area contributed by atoms with Gasteiger partial charge in [-0.2, -0.15) is 0 Å². The van der Waals surface area contributed by atoms with Crippen molar-refractivity contribution >= 4 is 18.0 Å². The van der Waals surface area contributed by atoms with Crippen molar-refractivity contribution in [3.63, 3.8) is 0 Å². The number of carbonyl (C=O) groups is 3. The second-order valence-electron chi connectivity index (χ2n) is 9.14. The fourth-order valence-corrected chi connectivity index (χ4v) is 5.29. The summed E-state index contributed by atoms with van der Waals surface area (Å²) in [6.07, 6.45) is 2.54. The maximum absolute atomic E-state index is 12.9. The fourth-order valence-electron chi connectivity index (χ4n) is 5.29. The van der Waals surface area contributed by atoms with Gasteiger partial charge in [0.25, 0.3) is 0 Å². The molecule has 7 heteroatoms. The van der Waals surface area contributed by atoms with E-state index in [1.165, 1.54) is 11.1 Å². The molecule has 2 N–H and O–H groups in total. The minimum Gasteiger partial charge on any atom is -0.481 e. The van der Waals surface area contributed by atoms with Crippen molar-refractivity contribution < 1.29 is 24.2 Å². The van der Waals surface area contributed by atoms with Gasteiger partial charge >= 0.3 is 12.1 Å². The number of alkyl carbamates (subject to hydrolysis) is 1. The highest BCUT2D eigenvalue weighted by molar-refractivity contribution is 5.80. The summed E-state index contributed by atoms with van der Waals surface area (Å²) in [6, 6.07) is 15.7. The lowest BCUT2D eigenvalue weighted by Gasteiger charge is -2.26. The molecule has 4 rings (SSSR count). The molecule has 1 heterocycles. The van der Waals surface area contributed by atoms with Crippen molar-refractivity contribution in [2.45, 2.75) is 63.5 Å². The van der Waals surface area contributed by atoms with Crippen molar-refractivity contribution in [2.75, 3.05) is 13.2 Å². The number of ether oxygens (including phenoxy) is 1. The Hall–Kier alpha value is -3.35. The number of likely N-dealkylation sites (tertiary alicyclic amines) is 1. The minimum absolute atomic E-state index is 0.0224. The Balaban J connectivity index is 1.36. The zero-order valence-electron chi connectivity index (χ0n) is 19.5. The van der Waals surface area contributed by atoms with E-state index in [1.54, 1.807) is 4.90 Å². The molecule has 1 aliphatic carbocycles. The average Bonchev–Trinajstić information content (AvgIpc) is 3.40. The molecule has 0 saturated carbocycles. The molecule has 2 unspecified atom stereocenters. The molecule has 180 valence electrons. The van der Waals surface area contributed by atoms with E-state index in [0.717, 1.165) is 24.0 Å². The predicted molar refractivity (Wildman–Crippen MR) is 129 cm³/mol. The Bertz CT molecular complexity index is 1010. The van der Waals surface area contributed by atoms with E-state index in [4.69, 9.17) is 9.84 Å². The van der Waals surface area contributed by atoms with E-state index in [1.807, 2.05) is 31.2 Å². The van der Waals surface area contributed by atoms with Crippen LogP contribution in [0.1, 0.15) is 62.5 Å². The maximum Gasteiger partial charge on any atom is 0.407 e. The number of rotatable bonds is 9. The Morgan fingerprint density at radius 3 is 2.35 bits per heavy atom. The number of benzene rings is 2. The van der Waals surface area contributed by atoms with Crippen LogP contribution in [0.2, 0.25) is 0 Å². The third-order valence-corrected chi connectivity index (χ3v) is 6.83. The Morgan fingerprint density at radius 2 is 1.74 bits per heavy atom. The molecule has 0 radical (unpaired) electrons. The van der Waals surface area contributed by atoms with Gasteiger partial charge in [0.1, 0.15) is 6.61 Å². The van der Waals surface area contributed by atoms with Gasteiger partial charge in [-0.3, -0.25) is 9.59 Å². The minimum atomic E-state index is -0.897. The number of fused-ring (bicyclic) bond motifs is 3. The number of nitrogens with zero attached hydrogens (tertiary/aromatic N) is 1. The number of nitrogens with one attached hydrogen (secondary N) is 1. The van der Waals surface area contributed by atoms with Gasteiger partial charge in [0.05, 0.1) is 6.42 Å². The Labute approximate surface area is 200 Å². The molecule has 2 amide bonds. The third kappa shape index (κ3) is 5.24. The topological polar surface area (TPSA) is 95.9 Å². The molecule has 2 aliphatic rings. The molecule has 34 heavy (non-hydrogen) atoms. The van der Waals surface area contributed by atoms with Crippen LogP contribution in [0, 0.1) is 0 Å². The third-order valence-electron chi connectivity index (χ3n) is 6.83. The molecule has 0 bridgehead atoms. The van der Waals surface area contributed by atoms with Gasteiger partial charge in [-0.25, -0.2) is 4.79 Å². The molecule has 1 aliphatic heterocycles. The summed E-state index contributed by atoms with van der Waals surface area (Å²) >= 11 is 0. The number of hydrogen-bond acceptors (Lipinski definition) is 4. The molecule has 2 atom stereocenters. The van der Waals surface area contributed by atoms with E-state index in [0.29, 0.717) is 19.4 Å². The molecular formula is C27H32N2O5. The largest absolute Gasteiger partial charge is 0.481 e. The number of carbonyl (C=O) groups excluding carboxylic acids is 2. The summed E-state index contributed by atoms with van der Waals surface area (Å²) in [5.74, 6) is -1.03. The van der Waals surface area contributed by atoms with Crippen LogP contribution in [-0.4, -0.2) is 53.2 Å². The smallest absolute Gasteiger partial charge is 0.407 e. The van der Waals surface area contributed by atoms with Crippen LogP contribution < -0.4 is 5.32 Å². The van der Waals surface area contributed by atoms with Crippen LogP contribution in [0.25, 0.3) is 11.1 Å². The lowest BCUT2D eigenvalue weighted by molar-refractivity contribution is -0.140. The molecule has 0 aromatic heterocycles. The number of amides is 2. The first kappa shape index (κ1) is 23.8. The summed E-state index contributed by atoms with van der Waals surface area (Å²) in [6.45, 7) is 2.79. The SMILES string of the molecule is CCCC(CC(=O)N1CCCC1CC(=O)O)NC(=O)OCC1c2ccccc2-c2ccccc21. The lowest BCUT2D eigenvalue weighted by atomic mass is 9.98. The number of aliphatic carboxylic acids is 1. The van der Waals surface area contributed by atoms with E-state index in [9.17, 15) is 14.4 Å². The molecule has 7 nitrogen and oxygen atoms in total. The van der Waals surface area contributed by atoms with Gasteiger partial charge in [0.2, 0.25) is 5.91 Å². The second kappa shape index (κ2) is 10.7. The van der Waals surface area contributed by atoms with Crippen molar-refractivity contribution in [3.8, 4) is 11.1 Å². The first-order valence-corrected chi connectivity index (χ1v) is 12.1. The zero-order valence-corrected chi connectivity index (χ0v) is 19.5. The van der Waals surface area contributed by atoms with Crippen LogP contribution >= 0.6 is 0 Å². The van der Waals surface area contributed by atoms with Gasteiger partial charge in [0, 0.05) is 31.0 Å². The molecule has 0 spiro atoms. The number of carboxylic acids is 1. The van der Waals surface area contributed by atoms with Crippen LogP contribution in [0.4, 0.5) is 4.79 Å². The van der Waals surface area contributed by atoms with Crippen molar-refractivity contribution in [3.05, 3.63) is 59.7 Å². The first-order valence-electron chi connectivity index (χ1n) is 12.1. The monoisotopic (exact) mass is 464 g/mol. The Morgan fingerprint density at radius 1 is 1.09 bits per heavy atom. The highest BCUT2D eigenvalue weighted by Gasteiger charge is 2.32. The summed E-state index contributed by atoms with van der Waals surface area (Å²) in [5, 5.41) is 12.0. The maximum atomic E-state index is 12.9. The van der Waals surface area contributed by atoms with Crippen molar-refractivity contribution in [1.29, 1.82) is 0 Å². The van der Waals surface area contributed by atoms with E-state index in [-0.39, 0.29) is 43.4 Å². The summed E-state index contributed by atoms with van der Waals surface area (Å²) in [7, 11) is 0. The van der Waals surface area contributed by atoms with E-state index >= 15 is 0 Å². The van der Waals surface area contributed by atoms with E-state index < -0.39 is 12.1 Å². The van der Waals surface area contributed by atoms with Crippen molar-refractivity contribution in [1.82, 2.24) is 10.2 Å². The normalized spacial score (nSPS) is 17.7. The molecular weight excluding hydrogens is 432 g/mol. The van der Waals surface area contributed by atoms with Gasteiger partial charge in [0.15, 0.2) is 0 Å². The van der Waals surface area contributed by atoms with Gasteiger partial charge in [-0.05, 0) is 41.5 Å². The Kier molecular flexibility index (Phi) is 7.50. The molecule has 1 saturated heterocycles. The molecule has 2 aromatic rings.